The lowest BCUT2D eigenvalue weighted by Crippen LogP contribution is -2.03. The van der Waals surface area contributed by atoms with Crippen LogP contribution in [0.2, 0.25) is 0 Å². The summed E-state index contributed by atoms with van der Waals surface area (Å²) >= 11 is 0. The first-order valence-corrected chi connectivity index (χ1v) is 5.42. The lowest BCUT2D eigenvalue weighted by atomic mass is 10.1. The van der Waals surface area contributed by atoms with Gasteiger partial charge in [-0.2, -0.15) is 4.98 Å². The Morgan fingerprint density at radius 2 is 2.37 bits per heavy atom. The topological polar surface area (TPSA) is 112 Å². The molecular formula is C11H11N3O5. The lowest BCUT2D eigenvalue weighted by molar-refractivity contribution is -0.385. The van der Waals surface area contributed by atoms with Crippen LogP contribution in [0.3, 0.4) is 0 Å². The summed E-state index contributed by atoms with van der Waals surface area (Å²) in [5, 5.41) is 23.9. The lowest BCUT2D eigenvalue weighted by Gasteiger charge is -2.12. The van der Waals surface area contributed by atoms with Gasteiger partial charge in [-0.15, -0.1) is 0 Å². The molecule has 0 radical (unpaired) electrons. The van der Waals surface area contributed by atoms with Gasteiger partial charge in [0.05, 0.1) is 11.0 Å². The van der Waals surface area contributed by atoms with Crippen LogP contribution < -0.4 is 4.74 Å². The number of aliphatic hydroxyl groups is 1. The van der Waals surface area contributed by atoms with Gasteiger partial charge in [0.15, 0.2) is 6.61 Å². The van der Waals surface area contributed by atoms with Crippen molar-refractivity contribution in [3.63, 3.8) is 0 Å². The highest BCUT2D eigenvalue weighted by Gasteiger charge is 2.15. The van der Waals surface area contributed by atoms with Crippen LogP contribution in [0.25, 0.3) is 0 Å². The van der Waals surface area contributed by atoms with E-state index < -0.39 is 11.0 Å². The summed E-state index contributed by atoms with van der Waals surface area (Å²) in [6.07, 6.45) is 0.282. The van der Waals surface area contributed by atoms with E-state index >= 15 is 0 Å². The molecular weight excluding hydrogens is 254 g/mol. The second-order valence-electron chi connectivity index (χ2n) is 3.79. The van der Waals surface area contributed by atoms with Crippen LogP contribution in [-0.4, -0.2) is 20.2 Å². The number of benzene rings is 1. The van der Waals surface area contributed by atoms with Crippen LogP contribution in [0.15, 0.2) is 29.1 Å². The molecule has 19 heavy (non-hydrogen) atoms. The molecule has 1 aromatic carbocycles. The summed E-state index contributed by atoms with van der Waals surface area (Å²) in [5.41, 5.74) is 0.223. The largest absolute Gasteiger partial charge is 0.485 e. The van der Waals surface area contributed by atoms with Crippen molar-refractivity contribution in [1.29, 1.82) is 0 Å². The quantitative estimate of drug-likeness (QED) is 0.645. The summed E-state index contributed by atoms with van der Waals surface area (Å²) in [5.74, 6) is 0.681. The molecule has 1 atom stereocenters. The normalized spacial score (nSPS) is 12.1. The Hall–Kier alpha value is -2.48. The maximum Gasteiger partial charge on any atom is 0.270 e. The second kappa shape index (κ2) is 5.44. The Bertz CT molecular complexity index is 568. The van der Waals surface area contributed by atoms with Crippen molar-refractivity contribution in [2.24, 2.45) is 0 Å². The minimum Gasteiger partial charge on any atom is -0.485 e. The molecule has 0 bridgehead atoms. The minimum absolute atomic E-state index is 0.0496. The maximum absolute atomic E-state index is 10.7. The van der Waals surface area contributed by atoms with Crippen LogP contribution in [0.1, 0.15) is 24.4 Å². The zero-order chi connectivity index (χ0) is 13.8. The number of aromatic nitrogens is 2. The van der Waals surface area contributed by atoms with Gasteiger partial charge in [-0.05, 0) is 13.0 Å². The van der Waals surface area contributed by atoms with Crippen LogP contribution in [0.4, 0.5) is 5.69 Å². The Labute approximate surface area is 107 Å². The maximum atomic E-state index is 10.7. The van der Waals surface area contributed by atoms with Crippen LogP contribution in [0, 0.1) is 10.1 Å². The fraction of sp³-hybridized carbons (Fsp3) is 0.273. The molecule has 0 saturated heterocycles. The predicted octanol–water partition coefficient (Wildman–Crippen LogP) is 1.61. The van der Waals surface area contributed by atoms with Crippen LogP contribution in [0.5, 0.6) is 5.75 Å². The molecule has 0 aliphatic rings. The highest BCUT2D eigenvalue weighted by atomic mass is 16.6. The molecule has 0 amide bonds. The summed E-state index contributed by atoms with van der Waals surface area (Å²) < 4.78 is 9.96. The van der Waals surface area contributed by atoms with Crippen molar-refractivity contribution in [1.82, 2.24) is 10.1 Å². The molecule has 2 rings (SSSR count). The van der Waals surface area contributed by atoms with Crippen LogP contribution >= 0.6 is 0 Å². The van der Waals surface area contributed by atoms with Crippen molar-refractivity contribution < 1.29 is 19.3 Å². The first kappa shape index (κ1) is 13.0. The molecule has 8 nitrogen and oxygen atoms in total. The van der Waals surface area contributed by atoms with Gasteiger partial charge in [0, 0.05) is 17.7 Å². The number of hydrogen-bond donors (Lipinski definition) is 1. The Kier molecular flexibility index (Phi) is 3.71. The van der Waals surface area contributed by atoms with E-state index in [2.05, 4.69) is 14.7 Å². The molecule has 0 saturated carbocycles. The average molecular weight is 265 g/mol. The molecule has 0 unspecified atom stereocenters. The molecule has 0 fully saturated rings. The molecule has 0 aliphatic heterocycles. The first-order valence-electron chi connectivity index (χ1n) is 5.42. The number of nitro benzene ring substituents is 1. The first-order chi connectivity index (χ1) is 9.08. The predicted molar refractivity (Wildman–Crippen MR) is 62.4 cm³/mol. The van der Waals surface area contributed by atoms with E-state index in [0.717, 1.165) is 0 Å². The number of nitro groups is 1. The number of non-ortho nitro benzene ring substituents is 1. The number of nitrogens with zero attached hydrogens (tertiary/aromatic N) is 3. The molecule has 100 valence electrons. The van der Waals surface area contributed by atoms with Gasteiger partial charge in [0.25, 0.3) is 5.69 Å². The van der Waals surface area contributed by atoms with Gasteiger partial charge in [-0.25, -0.2) is 0 Å². The van der Waals surface area contributed by atoms with E-state index in [1.807, 2.05) is 0 Å². The van der Waals surface area contributed by atoms with E-state index in [4.69, 9.17) is 4.74 Å². The minimum atomic E-state index is -0.889. The molecule has 2 aromatic rings. The van der Waals surface area contributed by atoms with Gasteiger partial charge < -0.3 is 14.4 Å². The van der Waals surface area contributed by atoms with Crippen molar-refractivity contribution >= 4 is 5.69 Å². The zero-order valence-electron chi connectivity index (χ0n) is 10.0. The third-order valence-electron chi connectivity index (χ3n) is 2.42. The highest BCUT2D eigenvalue weighted by Crippen LogP contribution is 2.29. The van der Waals surface area contributed by atoms with Crippen LogP contribution in [-0.2, 0) is 6.61 Å². The molecule has 1 N–H and O–H groups in total. The molecule has 8 heteroatoms. The Morgan fingerprint density at radius 1 is 1.58 bits per heavy atom. The van der Waals surface area contributed by atoms with Crippen molar-refractivity contribution in [2.45, 2.75) is 19.6 Å². The van der Waals surface area contributed by atoms with E-state index in [1.54, 1.807) is 0 Å². The van der Waals surface area contributed by atoms with E-state index in [0.29, 0.717) is 17.1 Å². The summed E-state index contributed by atoms with van der Waals surface area (Å²) in [4.78, 5) is 13.9. The average Bonchev–Trinajstić information content (AvgIpc) is 2.89. The summed E-state index contributed by atoms with van der Waals surface area (Å²) in [6, 6.07) is 4.01. The second-order valence-corrected chi connectivity index (χ2v) is 3.79. The smallest absolute Gasteiger partial charge is 0.270 e. The molecule has 0 aliphatic carbocycles. The molecule has 1 aromatic heterocycles. The van der Waals surface area contributed by atoms with E-state index in [9.17, 15) is 15.2 Å². The molecule has 0 spiro atoms. The third-order valence-corrected chi connectivity index (χ3v) is 2.42. The SMILES string of the molecule is C[C@@H](O)c1cc([N+](=O)[O-])ccc1OCc1ncon1. The number of ether oxygens (including phenoxy) is 1. The summed E-state index contributed by atoms with van der Waals surface area (Å²) in [6.45, 7) is 1.55. The highest BCUT2D eigenvalue weighted by molar-refractivity contribution is 5.44. The fourth-order valence-electron chi connectivity index (χ4n) is 1.51. The van der Waals surface area contributed by atoms with Gasteiger partial charge in [-0.1, -0.05) is 5.16 Å². The zero-order valence-corrected chi connectivity index (χ0v) is 10.0. The van der Waals surface area contributed by atoms with E-state index in [-0.39, 0.29) is 12.3 Å². The Morgan fingerprint density at radius 3 is 2.95 bits per heavy atom. The standard InChI is InChI=1S/C11H11N3O5/c1-7(15)9-4-8(14(16)17)2-3-10(9)18-5-11-12-6-19-13-11/h2-4,6-7,15H,5H2,1H3/t7-/m1/s1. The number of aliphatic hydroxyl groups excluding tert-OH is 1. The van der Waals surface area contributed by atoms with Crippen molar-refractivity contribution in [3.05, 3.63) is 46.1 Å². The van der Waals surface area contributed by atoms with Crippen molar-refractivity contribution in [3.8, 4) is 5.75 Å². The van der Waals surface area contributed by atoms with Gasteiger partial charge in [0.1, 0.15) is 5.75 Å². The number of rotatable bonds is 5. The summed E-state index contributed by atoms with van der Waals surface area (Å²) in [7, 11) is 0. The van der Waals surface area contributed by atoms with Crippen molar-refractivity contribution in [2.75, 3.05) is 0 Å². The Balaban J connectivity index is 2.21. The van der Waals surface area contributed by atoms with Gasteiger partial charge in [-0.3, -0.25) is 10.1 Å². The van der Waals surface area contributed by atoms with Gasteiger partial charge >= 0.3 is 0 Å². The molecule has 1 heterocycles. The number of hydrogen-bond acceptors (Lipinski definition) is 7. The van der Waals surface area contributed by atoms with Gasteiger partial charge in [0.2, 0.25) is 12.2 Å². The fourth-order valence-corrected chi connectivity index (χ4v) is 1.51. The third kappa shape index (κ3) is 3.05. The monoisotopic (exact) mass is 265 g/mol. The van der Waals surface area contributed by atoms with E-state index in [1.165, 1.54) is 31.5 Å².